The zero-order valence-corrected chi connectivity index (χ0v) is 11.6. The van der Waals surface area contributed by atoms with Gasteiger partial charge in [0.25, 0.3) is 5.91 Å². The fourth-order valence-electron chi connectivity index (χ4n) is 2.68. The maximum Gasteiger partial charge on any atom is 0.251 e. The summed E-state index contributed by atoms with van der Waals surface area (Å²) in [6.07, 6.45) is 4.69. The summed E-state index contributed by atoms with van der Waals surface area (Å²) >= 11 is 0. The van der Waals surface area contributed by atoms with E-state index in [0.29, 0.717) is 18.0 Å². The van der Waals surface area contributed by atoms with E-state index in [0.717, 1.165) is 32.1 Å². The molecule has 0 aliphatic heterocycles. The molecule has 1 fully saturated rings. The van der Waals surface area contributed by atoms with E-state index < -0.39 is 0 Å². The molecule has 1 saturated carbocycles. The van der Waals surface area contributed by atoms with E-state index in [-0.39, 0.29) is 12.0 Å². The van der Waals surface area contributed by atoms with Crippen LogP contribution in [-0.2, 0) is 6.42 Å². The first-order chi connectivity index (χ1) is 9.19. The summed E-state index contributed by atoms with van der Waals surface area (Å²) < 4.78 is 0. The summed E-state index contributed by atoms with van der Waals surface area (Å²) in [6, 6.07) is 7.76. The van der Waals surface area contributed by atoms with E-state index in [1.807, 2.05) is 24.3 Å². The molecular weight excluding hydrogens is 238 g/mol. The quantitative estimate of drug-likeness (QED) is 0.875. The summed E-state index contributed by atoms with van der Waals surface area (Å²) in [6.45, 7) is 2.77. The van der Waals surface area contributed by atoms with Gasteiger partial charge in [-0.25, -0.2) is 0 Å². The normalized spacial score (nSPS) is 23.1. The summed E-state index contributed by atoms with van der Waals surface area (Å²) in [7, 11) is 0. The lowest BCUT2D eigenvalue weighted by Crippen LogP contribution is -2.32. The van der Waals surface area contributed by atoms with Crippen LogP contribution in [0, 0.1) is 5.92 Å². The van der Waals surface area contributed by atoms with Crippen molar-refractivity contribution in [3.8, 4) is 0 Å². The van der Waals surface area contributed by atoms with Gasteiger partial charge in [-0.05, 0) is 49.3 Å². The minimum absolute atomic E-state index is 0.0114. The van der Waals surface area contributed by atoms with E-state index in [9.17, 15) is 9.90 Å². The summed E-state index contributed by atoms with van der Waals surface area (Å²) in [5, 5.41) is 12.6. The predicted octanol–water partition coefficient (Wildman–Crippen LogP) is 2.53. The molecule has 0 radical (unpaired) electrons. The Morgan fingerprint density at radius 1 is 1.32 bits per heavy atom. The second-order valence-electron chi connectivity index (χ2n) is 5.45. The van der Waals surface area contributed by atoms with Gasteiger partial charge in [0.05, 0.1) is 6.10 Å². The molecule has 1 aliphatic carbocycles. The molecule has 0 spiro atoms. The van der Waals surface area contributed by atoms with Crippen LogP contribution in [0.4, 0.5) is 0 Å². The largest absolute Gasteiger partial charge is 0.393 e. The van der Waals surface area contributed by atoms with Crippen LogP contribution in [0.1, 0.15) is 48.5 Å². The standard InChI is InChI=1S/C16H23NO2/c1-2-12-6-8-14(9-7-12)16(19)17-11-13-4-3-5-15(18)10-13/h6-9,13,15,18H,2-5,10-11H2,1H3,(H,17,19). The Morgan fingerprint density at radius 2 is 2.05 bits per heavy atom. The van der Waals surface area contributed by atoms with Crippen LogP contribution in [0.2, 0.25) is 0 Å². The van der Waals surface area contributed by atoms with Crippen molar-refractivity contribution in [3.63, 3.8) is 0 Å². The van der Waals surface area contributed by atoms with Gasteiger partial charge in [0, 0.05) is 12.1 Å². The topological polar surface area (TPSA) is 49.3 Å². The Bertz CT molecular complexity index is 413. The molecule has 104 valence electrons. The Kier molecular flexibility index (Phi) is 4.97. The monoisotopic (exact) mass is 261 g/mol. The van der Waals surface area contributed by atoms with Gasteiger partial charge in [-0.15, -0.1) is 0 Å². The van der Waals surface area contributed by atoms with Gasteiger partial charge in [0.1, 0.15) is 0 Å². The van der Waals surface area contributed by atoms with Crippen LogP contribution < -0.4 is 5.32 Å². The fourth-order valence-corrected chi connectivity index (χ4v) is 2.68. The lowest BCUT2D eigenvalue weighted by atomic mass is 9.87. The Hall–Kier alpha value is -1.35. The number of nitrogens with one attached hydrogen (secondary N) is 1. The molecule has 1 aromatic carbocycles. The van der Waals surface area contributed by atoms with Gasteiger partial charge in [0.2, 0.25) is 0 Å². The number of aliphatic hydroxyl groups excluding tert-OH is 1. The van der Waals surface area contributed by atoms with Crippen LogP contribution in [0.5, 0.6) is 0 Å². The number of carbonyl (C=O) groups excluding carboxylic acids is 1. The van der Waals surface area contributed by atoms with E-state index in [2.05, 4.69) is 12.2 Å². The molecule has 0 saturated heterocycles. The zero-order valence-electron chi connectivity index (χ0n) is 11.6. The first kappa shape index (κ1) is 14.1. The molecule has 2 atom stereocenters. The minimum atomic E-state index is -0.181. The molecule has 19 heavy (non-hydrogen) atoms. The summed E-state index contributed by atoms with van der Waals surface area (Å²) in [5.41, 5.74) is 1.96. The number of carbonyl (C=O) groups is 1. The Morgan fingerprint density at radius 3 is 2.68 bits per heavy atom. The highest BCUT2D eigenvalue weighted by atomic mass is 16.3. The predicted molar refractivity (Wildman–Crippen MR) is 76.1 cm³/mol. The lowest BCUT2D eigenvalue weighted by molar-refractivity contribution is 0.0874. The molecule has 2 rings (SSSR count). The second-order valence-corrected chi connectivity index (χ2v) is 5.45. The maximum atomic E-state index is 12.0. The average molecular weight is 261 g/mol. The third-order valence-corrected chi connectivity index (χ3v) is 3.93. The Balaban J connectivity index is 1.83. The summed E-state index contributed by atoms with van der Waals surface area (Å²) in [5.74, 6) is 0.408. The van der Waals surface area contributed by atoms with Gasteiger partial charge in [-0.2, -0.15) is 0 Å². The molecule has 3 nitrogen and oxygen atoms in total. The van der Waals surface area contributed by atoms with Crippen LogP contribution in [0.3, 0.4) is 0 Å². The SMILES string of the molecule is CCc1ccc(C(=O)NCC2CCCC(O)C2)cc1. The highest BCUT2D eigenvalue weighted by molar-refractivity contribution is 5.94. The smallest absolute Gasteiger partial charge is 0.251 e. The van der Waals surface area contributed by atoms with Crippen molar-refractivity contribution in [2.75, 3.05) is 6.54 Å². The lowest BCUT2D eigenvalue weighted by Gasteiger charge is -2.25. The van der Waals surface area contributed by atoms with Gasteiger partial charge in [0.15, 0.2) is 0 Å². The number of rotatable bonds is 4. The van der Waals surface area contributed by atoms with Crippen molar-refractivity contribution >= 4 is 5.91 Å². The van der Waals surface area contributed by atoms with Crippen LogP contribution in [-0.4, -0.2) is 23.7 Å². The molecule has 1 aromatic rings. The molecular formula is C16H23NO2. The van der Waals surface area contributed by atoms with Crippen molar-refractivity contribution in [1.29, 1.82) is 0 Å². The fraction of sp³-hybridized carbons (Fsp3) is 0.562. The summed E-state index contributed by atoms with van der Waals surface area (Å²) in [4.78, 5) is 12.0. The number of hydrogen-bond donors (Lipinski definition) is 2. The van der Waals surface area contributed by atoms with E-state index in [4.69, 9.17) is 0 Å². The molecule has 0 heterocycles. The minimum Gasteiger partial charge on any atom is -0.393 e. The molecule has 1 amide bonds. The second kappa shape index (κ2) is 6.71. The van der Waals surface area contributed by atoms with E-state index >= 15 is 0 Å². The highest BCUT2D eigenvalue weighted by Gasteiger charge is 2.20. The average Bonchev–Trinajstić information content (AvgIpc) is 2.45. The van der Waals surface area contributed by atoms with Crippen molar-refractivity contribution in [1.82, 2.24) is 5.32 Å². The van der Waals surface area contributed by atoms with Gasteiger partial charge >= 0.3 is 0 Å². The van der Waals surface area contributed by atoms with Gasteiger partial charge < -0.3 is 10.4 Å². The number of benzene rings is 1. The van der Waals surface area contributed by atoms with E-state index in [1.165, 1.54) is 5.56 Å². The maximum absolute atomic E-state index is 12.0. The van der Waals surface area contributed by atoms with Crippen molar-refractivity contribution in [2.24, 2.45) is 5.92 Å². The number of aliphatic hydroxyl groups is 1. The van der Waals surface area contributed by atoms with Gasteiger partial charge in [-0.3, -0.25) is 4.79 Å². The Labute approximate surface area is 115 Å². The van der Waals surface area contributed by atoms with Crippen molar-refractivity contribution < 1.29 is 9.90 Å². The number of aryl methyl sites for hydroxylation is 1. The van der Waals surface area contributed by atoms with Crippen LogP contribution in [0.25, 0.3) is 0 Å². The molecule has 0 bridgehead atoms. The first-order valence-corrected chi connectivity index (χ1v) is 7.24. The zero-order chi connectivity index (χ0) is 13.7. The number of hydrogen-bond acceptors (Lipinski definition) is 2. The molecule has 1 aliphatic rings. The van der Waals surface area contributed by atoms with E-state index in [1.54, 1.807) is 0 Å². The molecule has 2 N–H and O–H groups in total. The molecule has 3 heteroatoms. The molecule has 0 aromatic heterocycles. The molecule has 2 unspecified atom stereocenters. The first-order valence-electron chi connectivity index (χ1n) is 7.24. The third-order valence-electron chi connectivity index (χ3n) is 3.93. The van der Waals surface area contributed by atoms with Crippen LogP contribution in [0.15, 0.2) is 24.3 Å². The van der Waals surface area contributed by atoms with Gasteiger partial charge in [-0.1, -0.05) is 25.5 Å². The number of amides is 1. The van der Waals surface area contributed by atoms with Crippen molar-refractivity contribution in [2.45, 2.75) is 45.1 Å². The van der Waals surface area contributed by atoms with Crippen LogP contribution >= 0.6 is 0 Å². The highest BCUT2D eigenvalue weighted by Crippen LogP contribution is 2.23. The third kappa shape index (κ3) is 4.06. The van der Waals surface area contributed by atoms with Crippen molar-refractivity contribution in [3.05, 3.63) is 35.4 Å².